The van der Waals surface area contributed by atoms with Crippen LogP contribution in [-0.2, 0) is 20.8 Å². The van der Waals surface area contributed by atoms with E-state index in [0.717, 1.165) is 5.56 Å². The van der Waals surface area contributed by atoms with Crippen molar-refractivity contribution in [2.75, 3.05) is 13.2 Å². The molecule has 2 fully saturated rings. The molecular weight excluding hydrogens is 362 g/mol. The van der Waals surface area contributed by atoms with Crippen molar-refractivity contribution in [3.8, 4) is 0 Å². The van der Waals surface area contributed by atoms with Crippen LogP contribution < -0.4 is 10.6 Å². The molecule has 0 aromatic heterocycles. The predicted octanol–water partition coefficient (Wildman–Crippen LogP) is 1.03. The van der Waals surface area contributed by atoms with Crippen molar-refractivity contribution < 1.29 is 23.9 Å². The second-order valence-corrected chi connectivity index (χ2v) is 7.60. The number of carbonyl (C=O) groups excluding carboxylic acids is 3. The first-order valence-electron chi connectivity index (χ1n) is 8.23. The molecule has 3 aliphatic heterocycles. The van der Waals surface area contributed by atoms with Crippen molar-refractivity contribution in [3.63, 3.8) is 0 Å². The number of nitrogens with one attached hydrogen (secondary N) is 2. The summed E-state index contributed by atoms with van der Waals surface area (Å²) in [6, 6.07) is 4.49. The van der Waals surface area contributed by atoms with Crippen molar-refractivity contribution in [2.45, 2.75) is 37.8 Å². The molecule has 8 nitrogen and oxygen atoms in total. The fourth-order valence-electron chi connectivity index (χ4n) is 3.64. The molecule has 2 atom stereocenters. The number of nitrogens with zero attached hydrogens (tertiary/aromatic N) is 1. The molecule has 9 heteroatoms. The maximum Gasteiger partial charge on any atom is 0.322 e. The Morgan fingerprint density at radius 2 is 2.08 bits per heavy atom. The normalized spacial score (nSPS) is 29.7. The molecule has 26 heavy (non-hydrogen) atoms. The molecule has 3 heterocycles. The van der Waals surface area contributed by atoms with Gasteiger partial charge in [0.05, 0.1) is 13.2 Å². The summed E-state index contributed by atoms with van der Waals surface area (Å²) in [4.78, 5) is 38.8. The third kappa shape index (κ3) is 2.65. The molecule has 4 rings (SSSR count). The summed E-state index contributed by atoms with van der Waals surface area (Å²) in [5, 5.41) is 5.37. The van der Waals surface area contributed by atoms with Gasteiger partial charge in [0.15, 0.2) is 11.3 Å². The largest absolute Gasteiger partial charge is 0.348 e. The molecular formula is C17H18ClN3O5. The molecule has 2 saturated heterocycles. The van der Waals surface area contributed by atoms with E-state index in [9.17, 15) is 14.4 Å². The number of amides is 4. The highest BCUT2D eigenvalue weighted by molar-refractivity contribution is 6.31. The number of hydrogen-bond acceptors (Lipinski definition) is 5. The molecule has 1 aromatic carbocycles. The van der Waals surface area contributed by atoms with E-state index in [-0.39, 0.29) is 19.1 Å². The Kier molecular flexibility index (Phi) is 3.76. The molecule has 0 aliphatic carbocycles. The molecule has 2 N–H and O–H groups in total. The zero-order valence-corrected chi connectivity index (χ0v) is 15.1. The highest BCUT2D eigenvalue weighted by atomic mass is 35.5. The van der Waals surface area contributed by atoms with Crippen LogP contribution in [0.3, 0.4) is 0 Å². The van der Waals surface area contributed by atoms with Crippen LogP contribution in [0.25, 0.3) is 0 Å². The molecule has 0 saturated carbocycles. The Hall–Kier alpha value is -2.16. The van der Waals surface area contributed by atoms with E-state index >= 15 is 0 Å². The molecule has 138 valence electrons. The number of urea groups is 1. The quantitative estimate of drug-likeness (QED) is 0.764. The topological polar surface area (TPSA) is 97.0 Å². The van der Waals surface area contributed by atoms with Gasteiger partial charge in [0.25, 0.3) is 11.8 Å². The second kappa shape index (κ2) is 5.67. The zero-order valence-electron chi connectivity index (χ0n) is 14.3. The van der Waals surface area contributed by atoms with E-state index in [1.165, 1.54) is 4.90 Å². The molecule has 0 unspecified atom stereocenters. The van der Waals surface area contributed by atoms with Gasteiger partial charge in [0.2, 0.25) is 0 Å². The lowest BCUT2D eigenvalue weighted by atomic mass is 9.91. The molecule has 0 radical (unpaired) electrons. The van der Waals surface area contributed by atoms with E-state index in [2.05, 4.69) is 10.6 Å². The summed E-state index contributed by atoms with van der Waals surface area (Å²) in [7, 11) is 0. The highest BCUT2D eigenvalue weighted by Gasteiger charge is 2.58. The van der Waals surface area contributed by atoms with Gasteiger partial charge in [-0.2, -0.15) is 0 Å². The summed E-state index contributed by atoms with van der Waals surface area (Å²) in [5.41, 5.74) is -0.0868. The Morgan fingerprint density at radius 3 is 2.69 bits per heavy atom. The van der Waals surface area contributed by atoms with Crippen LogP contribution in [0.2, 0.25) is 5.02 Å². The van der Waals surface area contributed by atoms with Gasteiger partial charge < -0.3 is 19.7 Å². The summed E-state index contributed by atoms with van der Waals surface area (Å²) >= 11 is 5.98. The standard InChI is InChI=1S/C17H18ClN3O5/c1-16(2)25-7-12(26-16)17(14(23)19-15(24)20-17)8-21-6-9-3-4-10(18)5-11(9)13(21)22/h3-5,12H,6-8H2,1-2H3,(H2,19,20,23,24)/t12-,17+/m0/s1. The molecule has 4 amide bonds. The maximum atomic E-state index is 12.8. The number of halogens is 1. The van der Waals surface area contributed by atoms with Crippen molar-refractivity contribution in [1.82, 2.24) is 15.5 Å². The summed E-state index contributed by atoms with van der Waals surface area (Å²) in [6.45, 7) is 3.89. The van der Waals surface area contributed by atoms with Gasteiger partial charge >= 0.3 is 6.03 Å². The summed E-state index contributed by atoms with van der Waals surface area (Å²) in [6.07, 6.45) is -0.718. The van der Waals surface area contributed by atoms with Gasteiger partial charge in [-0.1, -0.05) is 17.7 Å². The van der Waals surface area contributed by atoms with Crippen LogP contribution in [0.15, 0.2) is 18.2 Å². The maximum absolute atomic E-state index is 12.8. The van der Waals surface area contributed by atoms with Crippen molar-refractivity contribution in [3.05, 3.63) is 34.3 Å². The Morgan fingerprint density at radius 1 is 1.31 bits per heavy atom. The number of benzene rings is 1. The molecule has 3 aliphatic rings. The van der Waals surface area contributed by atoms with Gasteiger partial charge in [-0.05, 0) is 31.5 Å². The SMILES string of the molecule is CC1(C)OC[C@@H]([C@@]2(CN3Cc4ccc(Cl)cc4C3=O)NC(=O)NC2=O)O1. The summed E-state index contributed by atoms with van der Waals surface area (Å²) < 4.78 is 11.4. The lowest BCUT2D eigenvalue weighted by Gasteiger charge is -2.35. The van der Waals surface area contributed by atoms with Gasteiger partial charge in [0, 0.05) is 17.1 Å². The molecule has 0 bridgehead atoms. The van der Waals surface area contributed by atoms with Crippen LogP contribution in [0.1, 0.15) is 29.8 Å². The van der Waals surface area contributed by atoms with Gasteiger partial charge in [-0.15, -0.1) is 0 Å². The van der Waals surface area contributed by atoms with Crippen molar-refractivity contribution in [2.24, 2.45) is 0 Å². The fraction of sp³-hybridized carbons (Fsp3) is 0.471. The first kappa shape index (κ1) is 17.3. The lowest BCUT2D eigenvalue weighted by Crippen LogP contribution is -2.63. The van der Waals surface area contributed by atoms with Crippen LogP contribution in [0, 0.1) is 0 Å². The average Bonchev–Trinajstić information content (AvgIpc) is 3.16. The van der Waals surface area contributed by atoms with E-state index in [4.69, 9.17) is 21.1 Å². The first-order valence-corrected chi connectivity index (χ1v) is 8.61. The van der Waals surface area contributed by atoms with Gasteiger partial charge in [0.1, 0.15) is 6.10 Å². The van der Waals surface area contributed by atoms with E-state index in [1.807, 2.05) is 0 Å². The number of rotatable bonds is 3. The van der Waals surface area contributed by atoms with Crippen LogP contribution >= 0.6 is 11.6 Å². The second-order valence-electron chi connectivity index (χ2n) is 7.16. The average molecular weight is 380 g/mol. The number of imide groups is 1. The monoisotopic (exact) mass is 379 g/mol. The van der Waals surface area contributed by atoms with Crippen LogP contribution in [0.4, 0.5) is 4.79 Å². The van der Waals surface area contributed by atoms with Crippen LogP contribution in [0.5, 0.6) is 0 Å². The van der Waals surface area contributed by atoms with Crippen molar-refractivity contribution >= 4 is 29.4 Å². The number of carbonyl (C=O) groups is 3. The number of ether oxygens (including phenoxy) is 2. The Bertz CT molecular complexity index is 827. The van der Waals surface area contributed by atoms with Crippen LogP contribution in [-0.4, -0.2) is 53.3 Å². The highest BCUT2D eigenvalue weighted by Crippen LogP contribution is 2.34. The Balaban J connectivity index is 1.64. The Labute approximate surface area is 154 Å². The van der Waals surface area contributed by atoms with E-state index in [1.54, 1.807) is 32.0 Å². The summed E-state index contributed by atoms with van der Waals surface area (Å²) in [5.74, 6) is -1.65. The minimum atomic E-state index is -1.41. The lowest BCUT2D eigenvalue weighted by molar-refractivity contribution is -0.153. The zero-order chi connectivity index (χ0) is 18.7. The molecule has 1 aromatic rings. The van der Waals surface area contributed by atoms with Gasteiger partial charge in [-0.25, -0.2) is 4.79 Å². The number of hydrogen-bond donors (Lipinski definition) is 2. The minimum Gasteiger partial charge on any atom is -0.348 e. The minimum absolute atomic E-state index is 0.0280. The smallest absolute Gasteiger partial charge is 0.322 e. The van der Waals surface area contributed by atoms with E-state index in [0.29, 0.717) is 17.1 Å². The first-order chi connectivity index (χ1) is 12.2. The number of fused-ring (bicyclic) bond motifs is 1. The third-order valence-corrected chi connectivity index (χ3v) is 5.15. The molecule has 0 spiro atoms. The van der Waals surface area contributed by atoms with E-state index < -0.39 is 29.4 Å². The fourth-order valence-corrected chi connectivity index (χ4v) is 3.81. The van der Waals surface area contributed by atoms with Gasteiger partial charge in [-0.3, -0.25) is 14.9 Å². The third-order valence-electron chi connectivity index (χ3n) is 4.92. The predicted molar refractivity (Wildman–Crippen MR) is 90.5 cm³/mol. The van der Waals surface area contributed by atoms with Crippen molar-refractivity contribution in [1.29, 1.82) is 0 Å².